The Balaban J connectivity index is 2.48. The Labute approximate surface area is 96.6 Å². The van der Waals surface area contributed by atoms with E-state index in [1.807, 2.05) is 13.8 Å². The molecule has 1 amide bonds. The third kappa shape index (κ3) is 3.21. The second-order valence-electron chi connectivity index (χ2n) is 4.96. The van der Waals surface area contributed by atoms with Gasteiger partial charge in [0.1, 0.15) is 5.54 Å². The predicted molar refractivity (Wildman–Crippen MR) is 60.4 cm³/mol. The first-order valence-corrected chi connectivity index (χ1v) is 5.89. The van der Waals surface area contributed by atoms with Crippen LogP contribution in [0.15, 0.2) is 0 Å². The maximum atomic E-state index is 11.7. The van der Waals surface area contributed by atoms with Crippen LogP contribution >= 0.6 is 0 Å². The standard InChI is InChI=1S/C12H20N2O2/c1-9(2)10(15)7-11(16)14-12(8-13)5-3-4-6-12/h9-10,15H,3-7H2,1-2H3,(H,14,16). The third-order valence-electron chi connectivity index (χ3n) is 3.21. The number of hydrogen-bond acceptors (Lipinski definition) is 3. The summed E-state index contributed by atoms with van der Waals surface area (Å²) >= 11 is 0. The Morgan fingerprint density at radius 3 is 2.50 bits per heavy atom. The highest BCUT2D eigenvalue weighted by Gasteiger charge is 2.35. The largest absolute Gasteiger partial charge is 0.392 e. The van der Waals surface area contributed by atoms with Gasteiger partial charge in [-0.2, -0.15) is 5.26 Å². The van der Waals surface area contributed by atoms with E-state index in [9.17, 15) is 9.90 Å². The van der Waals surface area contributed by atoms with Gasteiger partial charge in [-0.15, -0.1) is 0 Å². The zero-order valence-corrected chi connectivity index (χ0v) is 9.99. The number of hydrogen-bond donors (Lipinski definition) is 2. The first kappa shape index (κ1) is 13.0. The molecule has 0 bridgehead atoms. The van der Waals surface area contributed by atoms with Crippen LogP contribution in [0.1, 0.15) is 46.0 Å². The maximum Gasteiger partial charge on any atom is 0.223 e. The summed E-state index contributed by atoms with van der Waals surface area (Å²) in [5.74, 6) is -0.156. The van der Waals surface area contributed by atoms with Gasteiger partial charge in [-0.1, -0.05) is 13.8 Å². The summed E-state index contributed by atoms with van der Waals surface area (Å²) in [4.78, 5) is 11.7. The minimum Gasteiger partial charge on any atom is -0.392 e. The van der Waals surface area contributed by atoms with E-state index in [4.69, 9.17) is 5.26 Å². The molecule has 2 N–H and O–H groups in total. The molecule has 0 radical (unpaired) electrons. The summed E-state index contributed by atoms with van der Waals surface area (Å²) in [5, 5.41) is 21.4. The van der Waals surface area contributed by atoms with Crippen LogP contribution in [-0.2, 0) is 4.79 Å². The Hall–Kier alpha value is -1.08. The topological polar surface area (TPSA) is 73.1 Å². The number of nitrogens with zero attached hydrogens (tertiary/aromatic N) is 1. The lowest BCUT2D eigenvalue weighted by Gasteiger charge is -2.23. The van der Waals surface area contributed by atoms with Crippen molar-refractivity contribution in [3.8, 4) is 6.07 Å². The number of rotatable bonds is 4. The van der Waals surface area contributed by atoms with Crippen molar-refractivity contribution in [2.24, 2.45) is 5.92 Å². The monoisotopic (exact) mass is 224 g/mol. The number of nitriles is 1. The highest BCUT2D eigenvalue weighted by atomic mass is 16.3. The molecular weight excluding hydrogens is 204 g/mol. The van der Waals surface area contributed by atoms with Crippen LogP contribution in [0, 0.1) is 17.2 Å². The maximum absolute atomic E-state index is 11.7. The van der Waals surface area contributed by atoms with Gasteiger partial charge >= 0.3 is 0 Å². The number of aliphatic hydroxyl groups is 1. The van der Waals surface area contributed by atoms with Gasteiger partial charge < -0.3 is 10.4 Å². The molecule has 4 nitrogen and oxygen atoms in total. The van der Waals surface area contributed by atoms with Crippen LogP contribution in [0.2, 0.25) is 0 Å². The van der Waals surface area contributed by atoms with E-state index in [2.05, 4.69) is 11.4 Å². The molecule has 0 saturated heterocycles. The van der Waals surface area contributed by atoms with E-state index >= 15 is 0 Å². The van der Waals surface area contributed by atoms with Crippen LogP contribution in [0.25, 0.3) is 0 Å². The fourth-order valence-electron chi connectivity index (χ4n) is 1.99. The van der Waals surface area contributed by atoms with Crippen molar-refractivity contribution < 1.29 is 9.90 Å². The Bertz CT molecular complexity index is 288. The van der Waals surface area contributed by atoms with Crippen molar-refractivity contribution in [1.82, 2.24) is 5.32 Å². The molecule has 1 rings (SSSR count). The lowest BCUT2D eigenvalue weighted by molar-refractivity contribution is -0.124. The number of carbonyl (C=O) groups is 1. The van der Waals surface area contributed by atoms with Crippen LogP contribution in [0.3, 0.4) is 0 Å². The molecule has 0 heterocycles. The third-order valence-corrected chi connectivity index (χ3v) is 3.21. The summed E-state index contributed by atoms with van der Waals surface area (Å²) in [6, 6.07) is 2.20. The highest BCUT2D eigenvalue weighted by molar-refractivity contribution is 5.77. The Kier molecular flexibility index (Phi) is 4.31. The fourth-order valence-corrected chi connectivity index (χ4v) is 1.99. The predicted octanol–water partition coefficient (Wildman–Crippen LogP) is 1.35. The zero-order chi connectivity index (χ0) is 12.2. The average Bonchev–Trinajstić information content (AvgIpc) is 2.66. The first-order chi connectivity index (χ1) is 7.49. The molecule has 4 heteroatoms. The molecule has 1 atom stereocenters. The van der Waals surface area contributed by atoms with Gasteiger partial charge in [-0.25, -0.2) is 0 Å². The van der Waals surface area contributed by atoms with E-state index in [0.29, 0.717) is 0 Å². The van der Waals surface area contributed by atoms with E-state index in [1.165, 1.54) is 0 Å². The SMILES string of the molecule is CC(C)C(O)CC(=O)NC1(C#N)CCCC1. The lowest BCUT2D eigenvalue weighted by Crippen LogP contribution is -2.46. The van der Waals surface area contributed by atoms with Crippen molar-refractivity contribution >= 4 is 5.91 Å². The van der Waals surface area contributed by atoms with Gasteiger partial charge in [0.15, 0.2) is 0 Å². The summed E-state index contributed by atoms with van der Waals surface area (Å²) < 4.78 is 0. The van der Waals surface area contributed by atoms with Crippen LogP contribution in [0.4, 0.5) is 0 Å². The van der Waals surface area contributed by atoms with Gasteiger partial charge in [0.05, 0.1) is 18.6 Å². The molecular formula is C12H20N2O2. The molecule has 90 valence electrons. The molecule has 0 spiro atoms. The number of aliphatic hydroxyl groups excluding tert-OH is 1. The highest BCUT2D eigenvalue weighted by Crippen LogP contribution is 2.29. The second kappa shape index (κ2) is 5.31. The summed E-state index contributed by atoms with van der Waals surface area (Å²) in [6.45, 7) is 3.74. The zero-order valence-electron chi connectivity index (χ0n) is 9.99. The first-order valence-electron chi connectivity index (χ1n) is 5.89. The van der Waals surface area contributed by atoms with Crippen molar-refractivity contribution in [3.05, 3.63) is 0 Å². The smallest absolute Gasteiger partial charge is 0.223 e. The van der Waals surface area contributed by atoms with Gasteiger partial charge in [0, 0.05) is 0 Å². The summed E-state index contributed by atoms with van der Waals surface area (Å²) in [5.41, 5.74) is -0.673. The second-order valence-corrected chi connectivity index (χ2v) is 4.96. The number of carbonyl (C=O) groups excluding carboxylic acids is 1. The van der Waals surface area contributed by atoms with Crippen LogP contribution < -0.4 is 5.32 Å². The van der Waals surface area contributed by atoms with Crippen molar-refractivity contribution in [2.45, 2.75) is 57.6 Å². The Morgan fingerprint density at radius 1 is 1.50 bits per heavy atom. The molecule has 1 aliphatic rings. The average molecular weight is 224 g/mol. The van der Waals surface area contributed by atoms with Crippen molar-refractivity contribution in [1.29, 1.82) is 5.26 Å². The van der Waals surface area contributed by atoms with Gasteiger partial charge in [0.2, 0.25) is 5.91 Å². The normalized spacial score (nSPS) is 20.4. The molecule has 1 unspecified atom stereocenters. The summed E-state index contributed by atoms with van der Waals surface area (Å²) in [7, 11) is 0. The molecule has 1 fully saturated rings. The minimum absolute atomic E-state index is 0.0624. The van der Waals surface area contributed by atoms with Gasteiger partial charge in [-0.05, 0) is 31.6 Å². The quantitative estimate of drug-likeness (QED) is 0.757. The van der Waals surface area contributed by atoms with Crippen molar-refractivity contribution in [2.75, 3.05) is 0 Å². The fraction of sp³-hybridized carbons (Fsp3) is 0.833. The van der Waals surface area contributed by atoms with E-state index in [-0.39, 0.29) is 18.2 Å². The van der Waals surface area contributed by atoms with Gasteiger partial charge in [0.25, 0.3) is 0 Å². The lowest BCUT2D eigenvalue weighted by atomic mass is 9.98. The summed E-state index contributed by atoms with van der Waals surface area (Å²) in [6.07, 6.45) is 2.89. The van der Waals surface area contributed by atoms with Gasteiger partial charge in [-0.3, -0.25) is 4.79 Å². The molecule has 0 aromatic heterocycles. The molecule has 0 aromatic rings. The molecule has 1 aliphatic carbocycles. The van der Waals surface area contributed by atoms with Crippen LogP contribution in [0.5, 0.6) is 0 Å². The van der Waals surface area contributed by atoms with Crippen LogP contribution in [-0.4, -0.2) is 22.7 Å². The minimum atomic E-state index is -0.673. The van der Waals surface area contributed by atoms with E-state index in [0.717, 1.165) is 25.7 Å². The number of nitrogens with one attached hydrogen (secondary N) is 1. The van der Waals surface area contributed by atoms with E-state index < -0.39 is 11.6 Å². The molecule has 0 aliphatic heterocycles. The molecule has 0 aromatic carbocycles. The molecule has 16 heavy (non-hydrogen) atoms. The number of amides is 1. The Morgan fingerprint density at radius 2 is 2.06 bits per heavy atom. The molecule has 1 saturated carbocycles. The van der Waals surface area contributed by atoms with Crippen molar-refractivity contribution in [3.63, 3.8) is 0 Å². The van der Waals surface area contributed by atoms with E-state index in [1.54, 1.807) is 0 Å².